The van der Waals surface area contributed by atoms with Crippen molar-refractivity contribution in [1.82, 2.24) is 0 Å². The molecule has 6 nitrogen and oxygen atoms in total. The number of esters is 1. The van der Waals surface area contributed by atoms with Crippen molar-refractivity contribution in [2.75, 3.05) is 0 Å². The summed E-state index contributed by atoms with van der Waals surface area (Å²) in [4.78, 5) is 31.5. The van der Waals surface area contributed by atoms with Gasteiger partial charge >= 0.3 is 17.9 Å². The number of carboxylic acids is 2. The highest BCUT2D eigenvalue weighted by atomic mass is 16.5. The molecule has 0 rings (SSSR count). The van der Waals surface area contributed by atoms with Crippen LogP contribution in [0.5, 0.6) is 0 Å². The van der Waals surface area contributed by atoms with Crippen molar-refractivity contribution in [1.29, 1.82) is 0 Å². The average molecular weight is 202 g/mol. The minimum atomic E-state index is -1.34. The summed E-state index contributed by atoms with van der Waals surface area (Å²) in [6, 6.07) is 0. The minimum absolute atomic E-state index is 0.479. The molecular weight excluding hydrogens is 192 g/mol. The van der Waals surface area contributed by atoms with Gasteiger partial charge in [-0.1, -0.05) is 6.58 Å². The summed E-state index contributed by atoms with van der Waals surface area (Å²) < 4.78 is 4.27. The Morgan fingerprint density at radius 2 is 1.86 bits per heavy atom. The van der Waals surface area contributed by atoms with Crippen LogP contribution < -0.4 is 0 Å². The number of carboxylic acid groups (broad SMARTS) is 2. The Labute approximate surface area is 79.8 Å². The van der Waals surface area contributed by atoms with Crippen molar-refractivity contribution in [3.8, 4) is 0 Å². The van der Waals surface area contributed by atoms with E-state index < -0.39 is 36.7 Å². The number of carbonyl (C=O) groups is 3. The number of hydrogen-bond donors (Lipinski definition) is 2. The molecule has 0 radical (unpaired) electrons. The summed E-state index contributed by atoms with van der Waals surface area (Å²) in [5, 5.41) is 16.9. The number of ether oxygens (including phenoxy) is 1. The molecule has 0 bridgehead atoms. The fourth-order valence-electron chi connectivity index (χ4n) is 0.800. The van der Waals surface area contributed by atoms with E-state index in [9.17, 15) is 14.4 Å². The van der Waals surface area contributed by atoms with E-state index in [1.165, 1.54) is 0 Å². The maximum absolute atomic E-state index is 10.8. The van der Waals surface area contributed by atoms with Gasteiger partial charge in [0.05, 0.1) is 25.0 Å². The van der Waals surface area contributed by atoms with Gasteiger partial charge in [-0.3, -0.25) is 14.4 Å². The molecule has 14 heavy (non-hydrogen) atoms. The lowest BCUT2D eigenvalue weighted by atomic mass is 10.0. The van der Waals surface area contributed by atoms with Crippen LogP contribution in [0.25, 0.3) is 0 Å². The van der Waals surface area contributed by atoms with Gasteiger partial charge in [-0.05, 0) is 0 Å². The molecule has 0 aliphatic rings. The molecule has 0 saturated carbocycles. The van der Waals surface area contributed by atoms with Crippen molar-refractivity contribution in [3.63, 3.8) is 0 Å². The molecule has 1 atom stereocenters. The molecular formula is C8H10O6. The maximum atomic E-state index is 10.8. The smallest absolute Gasteiger partial charge is 0.311 e. The molecule has 1 unspecified atom stereocenters. The Morgan fingerprint density at radius 1 is 1.29 bits per heavy atom. The zero-order valence-electron chi connectivity index (χ0n) is 7.30. The molecule has 0 spiro atoms. The van der Waals surface area contributed by atoms with Crippen molar-refractivity contribution in [2.45, 2.75) is 12.8 Å². The first-order chi connectivity index (χ1) is 6.47. The number of aliphatic carboxylic acids is 2. The van der Waals surface area contributed by atoms with Gasteiger partial charge in [-0.2, -0.15) is 0 Å². The van der Waals surface area contributed by atoms with Crippen LogP contribution in [-0.2, 0) is 19.1 Å². The second-order valence-electron chi connectivity index (χ2n) is 2.49. The average Bonchev–Trinajstić information content (AvgIpc) is 2.02. The van der Waals surface area contributed by atoms with E-state index in [-0.39, 0.29) is 0 Å². The van der Waals surface area contributed by atoms with Gasteiger partial charge in [-0.15, -0.1) is 0 Å². The molecule has 0 aliphatic carbocycles. The Bertz CT molecular complexity index is 257. The van der Waals surface area contributed by atoms with E-state index in [1.54, 1.807) is 0 Å². The van der Waals surface area contributed by atoms with Gasteiger partial charge < -0.3 is 14.9 Å². The molecule has 0 aromatic carbocycles. The fourth-order valence-corrected chi connectivity index (χ4v) is 0.800. The zero-order chi connectivity index (χ0) is 11.1. The number of rotatable bonds is 6. The largest absolute Gasteiger partial charge is 0.481 e. The quantitative estimate of drug-likeness (QED) is 0.472. The van der Waals surface area contributed by atoms with Crippen LogP contribution in [0.2, 0.25) is 0 Å². The second-order valence-corrected chi connectivity index (χ2v) is 2.49. The predicted octanol–water partition coefficient (Wildman–Crippen LogP) is 0.239. The van der Waals surface area contributed by atoms with Gasteiger partial charge in [0.1, 0.15) is 0 Å². The van der Waals surface area contributed by atoms with Crippen molar-refractivity contribution >= 4 is 17.9 Å². The Hall–Kier alpha value is -1.85. The minimum Gasteiger partial charge on any atom is -0.481 e. The topological polar surface area (TPSA) is 101 Å². The van der Waals surface area contributed by atoms with Gasteiger partial charge in [0, 0.05) is 0 Å². The first-order valence-corrected chi connectivity index (χ1v) is 3.72. The molecule has 0 heterocycles. The summed E-state index contributed by atoms with van der Waals surface area (Å²) in [6.45, 7) is 3.11. The monoisotopic (exact) mass is 202 g/mol. The molecule has 78 valence electrons. The summed E-state index contributed by atoms with van der Waals surface area (Å²) >= 11 is 0. The molecule has 0 aromatic rings. The lowest BCUT2D eigenvalue weighted by Gasteiger charge is -2.07. The highest BCUT2D eigenvalue weighted by Crippen LogP contribution is 2.10. The Balaban J connectivity index is 4.22. The van der Waals surface area contributed by atoms with Crippen molar-refractivity contribution in [3.05, 3.63) is 12.8 Å². The van der Waals surface area contributed by atoms with Gasteiger partial charge in [0.15, 0.2) is 0 Å². The normalized spacial score (nSPS) is 11.4. The Morgan fingerprint density at radius 3 is 2.21 bits per heavy atom. The third-order valence-corrected chi connectivity index (χ3v) is 1.40. The SMILES string of the molecule is C=COC(=O)CC(CC(=O)O)C(=O)O. The molecule has 2 N–H and O–H groups in total. The number of hydrogen-bond acceptors (Lipinski definition) is 4. The third-order valence-electron chi connectivity index (χ3n) is 1.40. The van der Waals surface area contributed by atoms with E-state index in [0.717, 1.165) is 6.26 Å². The zero-order valence-corrected chi connectivity index (χ0v) is 7.30. The highest BCUT2D eigenvalue weighted by molar-refractivity contribution is 5.82. The second kappa shape index (κ2) is 5.74. The van der Waals surface area contributed by atoms with Crippen LogP contribution in [0, 0.1) is 5.92 Å². The number of carbonyl (C=O) groups excluding carboxylic acids is 1. The van der Waals surface area contributed by atoms with Crippen LogP contribution in [0.4, 0.5) is 0 Å². The summed E-state index contributed by atoms with van der Waals surface area (Å²) in [5.74, 6) is -4.69. The molecule has 0 aromatic heterocycles. The predicted molar refractivity (Wildman–Crippen MR) is 44.3 cm³/mol. The van der Waals surface area contributed by atoms with Crippen LogP contribution in [-0.4, -0.2) is 28.1 Å². The highest BCUT2D eigenvalue weighted by Gasteiger charge is 2.24. The first kappa shape index (κ1) is 12.2. The van der Waals surface area contributed by atoms with Crippen LogP contribution in [0.15, 0.2) is 12.8 Å². The van der Waals surface area contributed by atoms with Crippen LogP contribution >= 0.6 is 0 Å². The van der Waals surface area contributed by atoms with E-state index in [4.69, 9.17) is 10.2 Å². The van der Waals surface area contributed by atoms with E-state index in [2.05, 4.69) is 11.3 Å². The van der Waals surface area contributed by atoms with E-state index >= 15 is 0 Å². The molecule has 0 amide bonds. The van der Waals surface area contributed by atoms with Crippen LogP contribution in [0.1, 0.15) is 12.8 Å². The molecule has 0 fully saturated rings. The molecule has 0 saturated heterocycles. The first-order valence-electron chi connectivity index (χ1n) is 3.72. The van der Waals surface area contributed by atoms with Gasteiger partial charge in [0.25, 0.3) is 0 Å². The molecule has 6 heteroatoms. The summed E-state index contributed by atoms with van der Waals surface area (Å²) in [5.41, 5.74) is 0. The van der Waals surface area contributed by atoms with Gasteiger partial charge in [0.2, 0.25) is 0 Å². The summed E-state index contributed by atoms with van der Waals surface area (Å²) in [6.07, 6.45) is -0.225. The standard InChI is InChI=1S/C8H10O6/c1-2-14-7(11)4-5(8(12)13)3-6(9)10/h2,5H,1,3-4H2,(H,9,10)(H,12,13). The molecule has 0 aliphatic heterocycles. The van der Waals surface area contributed by atoms with Crippen molar-refractivity contribution < 1.29 is 29.3 Å². The van der Waals surface area contributed by atoms with Gasteiger partial charge in [-0.25, -0.2) is 0 Å². The maximum Gasteiger partial charge on any atom is 0.311 e. The Kier molecular flexibility index (Phi) is 4.98. The van der Waals surface area contributed by atoms with Crippen molar-refractivity contribution in [2.24, 2.45) is 5.92 Å². The van der Waals surface area contributed by atoms with E-state index in [1.807, 2.05) is 0 Å². The third kappa shape index (κ3) is 4.91. The lowest BCUT2D eigenvalue weighted by molar-refractivity contribution is -0.152. The lowest BCUT2D eigenvalue weighted by Crippen LogP contribution is -2.21. The van der Waals surface area contributed by atoms with Crippen LogP contribution in [0.3, 0.4) is 0 Å². The summed E-state index contributed by atoms with van der Waals surface area (Å²) in [7, 11) is 0. The van der Waals surface area contributed by atoms with E-state index in [0.29, 0.717) is 0 Å². The fraction of sp³-hybridized carbons (Fsp3) is 0.375.